The van der Waals surface area contributed by atoms with Crippen LogP contribution in [0.1, 0.15) is 11.4 Å². The third-order valence-electron chi connectivity index (χ3n) is 1.29. The first kappa shape index (κ1) is 9.05. The van der Waals surface area contributed by atoms with Crippen LogP contribution in [0.5, 0.6) is 0 Å². The van der Waals surface area contributed by atoms with Crippen LogP contribution in [0.2, 0.25) is 0 Å². The number of hydrogen-bond acceptors (Lipinski definition) is 4. The van der Waals surface area contributed by atoms with Gasteiger partial charge < -0.3 is 0 Å². The fourth-order valence-corrected chi connectivity index (χ4v) is 1.35. The number of nitrogens with zero attached hydrogens (tertiary/aromatic N) is 2. The minimum atomic E-state index is -4.50. The Labute approximate surface area is 69.7 Å². The van der Waals surface area contributed by atoms with Crippen molar-refractivity contribution in [3.8, 4) is 0 Å². The first-order valence-corrected chi connectivity index (χ1v) is 4.73. The summed E-state index contributed by atoms with van der Waals surface area (Å²) in [7, 11) is -4.50. The lowest BCUT2D eigenvalue weighted by Gasteiger charge is -1.98. The van der Waals surface area contributed by atoms with Gasteiger partial charge >= 0.3 is 10.2 Å². The van der Waals surface area contributed by atoms with E-state index in [2.05, 4.69) is 9.97 Å². The van der Waals surface area contributed by atoms with Gasteiger partial charge in [-0.05, 0) is 6.92 Å². The molecule has 0 aliphatic rings. The summed E-state index contributed by atoms with van der Waals surface area (Å²) in [6.07, 6.45) is 2.75. The van der Waals surface area contributed by atoms with Crippen LogP contribution in [0.3, 0.4) is 0 Å². The Kier molecular flexibility index (Phi) is 2.37. The van der Waals surface area contributed by atoms with E-state index in [1.54, 1.807) is 6.92 Å². The van der Waals surface area contributed by atoms with Crippen LogP contribution in [0.25, 0.3) is 0 Å². The van der Waals surface area contributed by atoms with Gasteiger partial charge in [-0.15, -0.1) is 3.89 Å². The summed E-state index contributed by atoms with van der Waals surface area (Å²) >= 11 is 0. The van der Waals surface area contributed by atoms with Gasteiger partial charge in [-0.25, -0.2) is 0 Å². The molecule has 0 saturated heterocycles. The van der Waals surface area contributed by atoms with Crippen molar-refractivity contribution in [2.45, 2.75) is 12.7 Å². The minimum absolute atomic E-state index is 0.153. The van der Waals surface area contributed by atoms with Gasteiger partial charge in [0, 0.05) is 12.4 Å². The molecule has 12 heavy (non-hydrogen) atoms. The number of aromatic nitrogens is 2. The quantitative estimate of drug-likeness (QED) is 0.640. The fourth-order valence-electron chi connectivity index (χ4n) is 0.741. The summed E-state index contributed by atoms with van der Waals surface area (Å²) in [6, 6.07) is 0. The summed E-state index contributed by atoms with van der Waals surface area (Å²) in [5.41, 5.74) is 0.582. The normalized spacial score (nSPS) is 11.5. The third-order valence-corrected chi connectivity index (χ3v) is 1.91. The van der Waals surface area contributed by atoms with Crippen molar-refractivity contribution in [1.82, 2.24) is 9.97 Å². The first-order chi connectivity index (χ1) is 5.49. The van der Waals surface area contributed by atoms with Gasteiger partial charge in [-0.2, -0.15) is 8.42 Å². The maximum atomic E-state index is 12.2. The van der Waals surface area contributed by atoms with Crippen molar-refractivity contribution >= 4 is 10.2 Å². The molecule has 0 atom stereocenters. The molecule has 1 aromatic heterocycles. The molecular formula is C6H7FN2O2S. The zero-order valence-corrected chi connectivity index (χ0v) is 7.18. The van der Waals surface area contributed by atoms with Crippen LogP contribution in [-0.4, -0.2) is 18.4 Å². The molecule has 0 radical (unpaired) electrons. The molecule has 1 heterocycles. The maximum Gasteiger partial charge on any atom is 0.308 e. The predicted molar refractivity (Wildman–Crippen MR) is 40.5 cm³/mol. The molecule has 6 heteroatoms. The van der Waals surface area contributed by atoms with Gasteiger partial charge in [-0.1, -0.05) is 0 Å². The lowest BCUT2D eigenvalue weighted by molar-refractivity contribution is 0.550. The second kappa shape index (κ2) is 3.14. The molecule has 0 N–H and O–H groups in total. The SMILES string of the molecule is Cc1nccnc1CS(=O)(=O)F. The molecule has 66 valence electrons. The fraction of sp³-hybridized carbons (Fsp3) is 0.333. The molecule has 0 aliphatic heterocycles. The molecule has 4 nitrogen and oxygen atoms in total. The number of rotatable bonds is 2. The molecule has 0 spiro atoms. The standard InChI is InChI=1S/C6H7FN2O2S/c1-5-6(4-12(7,10)11)9-3-2-8-5/h2-3H,4H2,1H3. The van der Waals surface area contributed by atoms with Crippen LogP contribution in [0, 0.1) is 6.92 Å². The van der Waals surface area contributed by atoms with E-state index < -0.39 is 16.0 Å². The smallest absolute Gasteiger partial charge is 0.258 e. The predicted octanol–water partition coefficient (Wildman–Crippen LogP) is 0.584. The van der Waals surface area contributed by atoms with Crippen molar-refractivity contribution in [3.63, 3.8) is 0 Å². The van der Waals surface area contributed by atoms with Gasteiger partial charge in [0.15, 0.2) is 0 Å². The van der Waals surface area contributed by atoms with Crippen LogP contribution in [0.15, 0.2) is 12.4 Å². The summed E-state index contributed by atoms with van der Waals surface area (Å²) in [5, 5.41) is 0. The highest BCUT2D eigenvalue weighted by molar-refractivity contribution is 7.85. The third kappa shape index (κ3) is 2.54. The van der Waals surface area contributed by atoms with E-state index >= 15 is 0 Å². The number of hydrogen-bond donors (Lipinski definition) is 0. The van der Waals surface area contributed by atoms with Gasteiger partial charge in [-0.3, -0.25) is 9.97 Å². The summed E-state index contributed by atoms with van der Waals surface area (Å²) < 4.78 is 32.6. The topological polar surface area (TPSA) is 59.9 Å². The molecular weight excluding hydrogens is 183 g/mol. The highest BCUT2D eigenvalue weighted by Gasteiger charge is 2.11. The second-order valence-electron chi connectivity index (χ2n) is 2.27. The minimum Gasteiger partial charge on any atom is -0.258 e. The van der Waals surface area contributed by atoms with Gasteiger partial charge in [0.25, 0.3) is 0 Å². The monoisotopic (exact) mass is 190 g/mol. The molecule has 0 amide bonds. The Morgan fingerprint density at radius 1 is 1.42 bits per heavy atom. The summed E-state index contributed by atoms with van der Waals surface area (Å²) in [5.74, 6) is -0.702. The van der Waals surface area contributed by atoms with Crippen molar-refractivity contribution in [3.05, 3.63) is 23.8 Å². The Hall–Kier alpha value is -1.04. The molecule has 0 aliphatic carbocycles. The average Bonchev–Trinajstić information content (AvgIpc) is 1.91. The van der Waals surface area contributed by atoms with E-state index in [4.69, 9.17) is 0 Å². The maximum absolute atomic E-state index is 12.2. The Morgan fingerprint density at radius 2 is 2.00 bits per heavy atom. The van der Waals surface area contributed by atoms with Crippen LogP contribution in [-0.2, 0) is 16.0 Å². The molecule has 0 aromatic carbocycles. The molecule has 0 fully saturated rings. The lowest BCUT2D eigenvalue weighted by Crippen LogP contribution is -2.02. The average molecular weight is 190 g/mol. The van der Waals surface area contributed by atoms with E-state index in [1.165, 1.54) is 12.4 Å². The zero-order valence-electron chi connectivity index (χ0n) is 6.36. The number of aryl methyl sites for hydroxylation is 1. The highest BCUT2D eigenvalue weighted by Crippen LogP contribution is 2.06. The van der Waals surface area contributed by atoms with Crippen molar-refractivity contribution < 1.29 is 12.3 Å². The van der Waals surface area contributed by atoms with E-state index in [0.717, 1.165) is 0 Å². The van der Waals surface area contributed by atoms with Crippen LogP contribution in [0.4, 0.5) is 3.89 Å². The Bertz CT molecular complexity index is 377. The van der Waals surface area contributed by atoms with Gasteiger partial charge in [0.1, 0.15) is 5.75 Å². The molecule has 0 unspecified atom stereocenters. The summed E-state index contributed by atoms with van der Waals surface area (Å²) in [4.78, 5) is 7.45. The molecule has 1 rings (SSSR count). The van der Waals surface area contributed by atoms with Gasteiger partial charge in [0.05, 0.1) is 11.4 Å². The molecule has 1 aromatic rings. The number of halogens is 1. The lowest BCUT2D eigenvalue weighted by atomic mass is 10.4. The van der Waals surface area contributed by atoms with Crippen LogP contribution < -0.4 is 0 Å². The summed E-state index contributed by atoms with van der Waals surface area (Å²) in [6.45, 7) is 1.58. The van der Waals surface area contributed by atoms with E-state index in [9.17, 15) is 12.3 Å². The first-order valence-electron chi connectivity index (χ1n) is 3.18. The zero-order chi connectivity index (χ0) is 9.19. The largest absolute Gasteiger partial charge is 0.308 e. The Balaban J connectivity index is 2.98. The second-order valence-corrected chi connectivity index (χ2v) is 3.64. The van der Waals surface area contributed by atoms with E-state index in [0.29, 0.717) is 5.69 Å². The Morgan fingerprint density at radius 3 is 2.50 bits per heavy atom. The van der Waals surface area contributed by atoms with Crippen molar-refractivity contribution in [2.24, 2.45) is 0 Å². The van der Waals surface area contributed by atoms with E-state index in [-0.39, 0.29) is 5.69 Å². The van der Waals surface area contributed by atoms with Gasteiger partial charge in [0.2, 0.25) is 0 Å². The van der Waals surface area contributed by atoms with Crippen LogP contribution >= 0.6 is 0 Å². The molecule has 0 bridgehead atoms. The molecule has 0 saturated carbocycles. The van der Waals surface area contributed by atoms with E-state index in [1.807, 2.05) is 0 Å². The highest BCUT2D eigenvalue weighted by atomic mass is 32.3. The van der Waals surface area contributed by atoms with Crippen molar-refractivity contribution in [1.29, 1.82) is 0 Å². The van der Waals surface area contributed by atoms with Crippen molar-refractivity contribution in [2.75, 3.05) is 0 Å².